The molecule has 0 bridgehead atoms. The van der Waals surface area contributed by atoms with E-state index in [0.29, 0.717) is 11.6 Å². The van der Waals surface area contributed by atoms with Crippen molar-refractivity contribution in [2.24, 2.45) is 16.8 Å². The van der Waals surface area contributed by atoms with Gasteiger partial charge in [-0.05, 0) is 13.8 Å². The van der Waals surface area contributed by atoms with Crippen LogP contribution in [0.5, 0.6) is 0 Å². The van der Waals surface area contributed by atoms with Gasteiger partial charge in [0, 0.05) is 5.92 Å². The highest BCUT2D eigenvalue weighted by atomic mass is 35.5. The number of halogens is 1. The van der Waals surface area contributed by atoms with Gasteiger partial charge in [0.15, 0.2) is 0 Å². The van der Waals surface area contributed by atoms with Crippen LogP contribution in [0.1, 0.15) is 18.3 Å². The summed E-state index contributed by atoms with van der Waals surface area (Å²) in [6, 6.07) is 0. The van der Waals surface area contributed by atoms with Crippen LogP contribution in [0.2, 0.25) is 5.02 Å². The second-order valence-electron chi connectivity index (χ2n) is 3.59. The molecule has 0 radical (unpaired) electrons. The number of hydrogen-bond donors (Lipinski definition) is 2. The standard InChI is InChI=1S/C9H15ClN4O/c1-5(9(11)13-15)4-14-7(3)8(10)6(2)12-14/h5,15H,4H2,1-3H3,(H2,11,13). The zero-order chi connectivity index (χ0) is 11.6. The van der Waals surface area contributed by atoms with E-state index in [4.69, 9.17) is 22.5 Å². The zero-order valence-electron chi connectivity index (χ0n) is 9.03. The average Bonchev–Trinajstić information content (AvgIpc) is 2.45. The first-order valence-corrected chi connectivity index (χ1v) is 5.02. The molecule has 0 aliphatic heterocycles. The summed E-state index contributed by atoms with van der Waals surface area (Å²) in [5.41, 5.74) is 7.17. The Balaban J connectivity index is 2.86. The van der Waals surface area contributed by atoms with Gasteiger partial charge in [-0.1, -0.05) is 23.7 Å². The maximum Gasteiger partial charge on any atom is 0.143 e. The molecule has 1 unspecified atom stereocenters. The van der Waals surface area contributed by atoms with Crippen LogP contribution in [-0.2, 0) is 6.54 Å². The second-order valence-corrected chi connectivity index (χ2v) is 3.97. The predicted octanol–water partition coefficient (Wildman–Crippen LogP) is 1.54. The largest absolute Gasteiger partial charge is 0.409 e. The van der Waals surface area contributed by atoms with Gasteiger partial charge in [-0.15, -0.1) is 0 Å². The second kappa shape index (κ2) is 4.53. The van der Waals surface area contributed by atoms with Crippen LogP contribution in [0.25, 0.3) is 0 Å². The first-order chi connectivity index (χ1) is 6.97. The van der Waals surface area contributed by atoms with E-state index in [1.165, 1.54) is 0 Å². The summed E-state index contributed by atoms with van der Waals surface area (Å²) in [7, 11) is 0. The number of hydrogen-bond acceptors (Lipinski definition) is 3. The van der Waals surface area contributed by atoms with Gasteiger partial charge in [-0.2, -0.15) is 5.10 Å². The van der Waals surface area contributed by atoms with Gasteiger partial charge in [-0.3, -0.25) is 4.68 Å². The molecule has 1 atom stereocenters. The molecule has 0 fully saturated rings. The van der Waals surface area contributed by atoms with Crippen LogP contribution in [0.15, 0.2) is 5.16 Å². The maximum absolute atomic E-state index is 8.52. The molecular formula is C9H15ClN4O. The minimum atomic E-state index is -0.0796. The van der Waals surface area contributed by atoms with Gasteiger partial charge in [0.2, 0.25) is 0 Å². The van der Waals surface area contributed by atoms with Crippen molar-refractivity contribution in [3.63, 3.8) is 0 Å². The minimum absolute atomic E-state index is 0.0796. The van der Waals surface area contributed by atoms with Crippen LogP contribution in [0.4, 0.5) is 0 Å². The molecule has 0 aliphatic carbocycles. The van der Waals surface area contributed by atoms with Gasteiger partial charge in [0.25, 0.3) is 0 Å². The third-order valence-corrected chi connectivity index (χ3v) is 2.91. The van der Waals surface area contributed by atoms with E-state index in [0.717, 1.165) is 11.4 Å². The van der Waals surface area contributed by atoms with E-state index in [-0.39, 0.29) is 11.8 Å². The summed E-state index contributed by atoms with van der Waals surface area (Å²) in [4.78, 5) is 0. The molecule has 1 heterocycles. The molecule has 0 spiro atoms. The van der Waals surface area contributed by atoms with Crippen molar-refractivity contribution >= 4 is 17.4 Å². The van der Waals surface area contributed by atoms with Gasteiger partial charge in [0.05, 0.1) is 23.0 Å². The lowest BCUT2D eigenvalue weighted by Gasteiger charge is -2.10. The van der Waals surface area contributed by atoms with Crippen LogP contribution in [-0.4, -0.2) is 20.8 Å². The highest BCUT2D eigenvalue weighted by Crippen LogP contribution is 2.19. The molecule has 0 aromatic carbocycles. The van der Waals surface area contributed by atoms with Crippen molar-refractivity contribution in [3.05, 3.63) is 16.4 Å². The summed E-state index contributed by atoms with van der Waals surface area (Å²) in [5, 5.41) is 16.4. The zero-order valence-corrected chi connectivity index (χ0v) is 9.78. The van der Waals surface area contributed by atoms with Crippen molar-refractivity contribution in [2.75, 3.05) is 0 Å². The Bertz CT molecular complexity index is 386. The molecule has 6 heteroatoms. The molecule has 84 valence electrons. The molecule has 0 amide bonds. The highest BCUT2D eigenvalue weighted by molar-refractivity contribution is 6.31. The van der Waals surface area contributed by atoms with Crippen LogP contribution in [0.3, 0.4) is 0 Å². The number of aryl methyl sites for hydroxylation is 1. The molecular weight excluding hydrogens is 216 g/mol. The summed E-state index contributed by atoms with van der Waals surface area (Å²) in [5.74, 6) is 0.114. The Morgan fingerprint density at radius 1 is 1.67 bits per heavy atom. The third-order valence-electron chi connectivity index (χ3n) is 2.36. The van der Waals surface area contributed by atoms with E-state index in [1.54, 1.807) is 4.68 Å². The van der Waals surface area contributed by atoms with E-state index in [2.05, 4.69) is 10.3 Å². The molecule has 0 aliphatic rings. The first-order valence-electron chi connectivity index (χ1n) is 4.64. The normalized spacial score (nSPS) is 14.3. The fourth-order valence-corrected chi connectivity index (χ4v) is 1.44. The molecule has 1 rings (SSSR count). The van der Waals surface area contributed by atoms with Crippen molar-refractivity contribution in [3.8, 4) is 0 Å². The van der Waals surface area contributed by atoms with Crippen LogP contribution >= 0.6 is 11.6 Å². The number of oxime groups is 1. The van der Waals surface area contributed by atoms with Crippen molar-refractivity contribution in [2.45, 2.75) is 27.3 Å². The fourth-order valence-electron chi connectivity index (χ4n) is 1.30. The molecule has 1 aromatic heterocycles. The number of nitrogens with two attached hydrogens (primary N) is 1. The smallest absolute Gasteiger partial charge is 0.143 e. The molecule has 0 saturated carbocycles. The number of aromatic nitrogens is 2. The maximum atomic E-state index is 8.52. The summed E-state index contributed by atoms with van der Waals surface area (Å²) in [6.45, 7) is 6.15. The van der Waals surface area contributed by atoms with E-state index >= 15 is 0 Å². The molecule has 1 aromatic rings. The number of rotatable bonds is 3. The Hall–Kier alpha value is -1.23. The fraction of sp³-hybridized carbons (Fsp3) is 0.556. The lowest BCUT2D eigenvalue weighted by atomic mass is 10.1. The van der Waals surface area contributed by atoms with Gasteiger partial charge < -0.3 is 10.9 Å². The Morgan fingerprint density at radius 2 is 2.27 bits per heavy atom. The third kappa shape index (κ3) is 2.41. The SMILES string of the molecule is Cc1nn(CC(C)C(N)=NO)c(C)c1Cl. The van der Waals surface area contributed by atoms with Crippen molar-refractivity contribution in [1.82, 2.24) is 9.78 Å². The van der Waals surface area contributed by atoms with Gasteiger partial charge >= 0.3 is 0 Å². The van der Waals surface area contributed by atoms with E-state index < -0.39 is 0 Å². The number of nitrogens with zero attached hydrogens (tertiary/aromatic N) is 3. The van der Waals surface area contributed by atoms with Crippen LogP contribution < -0.4 is 5.73 Å². The highest BCUT2D eigenvalue weighted by Gasteiger charge is 2.14. The quantitative estimate of drug-likeness (QED) is 0.358. The van der Waals surface area contributed by atoms with Crippen molar-refractivity contribution < 1.29 is 5.21 Å². The van der Waals surface area contributed by atoms with E-state index in [1.807, 2.05) is 20.8 Å². The molecule has 5 nitrogen and oxygen atoms in total. The molecule has 0 saturated heterocycles. The Morgan fingerprint density at radius 3 is 2.67 bits per heavy atom. The lowest BCUT2D eigenvalue weighted by Crippen LogP contribution is -2.26. The first kappa shape index (κ1) is 11.8. The molecule has 3 N–H and O–H groups in total. The monoisotopic (exact) mass is 230 g/mol. The van der Waals surface area contributed by atoms with Gasteiger partial charge in [0.1, 0.15) is 5.84 Å². The minimum Gasteiger partial charge on any atom is -0.409 e. The summed E-state index contributed by atoms with van der Waals surface area (Å²) >= 11 is 6.00. The van der Waals surface area contributed by atoms with E-state index in [9.17, 15) is 0 Å². The lowest BCUT2D eigenvalue weighted by molar-refractivity contribution is 0.312. The number of amidine groups is 1. The summed E-state index contributed by atoms with van der Waals surface area (Å²) in [6.07, 6.45) is 0. The van der Waals surface area contributed by atoms with Gasteiger partial charge in [-0.25, -0.2) is 0 Å². The summed E-state index contributed by atoms with van der Waals surface area (Å²) < 4.78 is 1.76. The Kier molecular flexibility index (Phi) is 3.57. The average molecular weight is 231 g/mol. The van der Waals surface area contributed by atoms with Crippen molar-refractivity contribution in [1.29, 1.82) is 0 Å². The topological polar surface area (TPSA) is 76.4 Å². The Labute approximate surface area is 93.5 Å². The predicted molar refractivity (Wildman–Crippen MR) is 59.3 cm³/mol. The van der Waals surface area contributed by atoms with Crippen LogP contribution in [0, 0.1) is 19.8 Å². The molecule has 15 heavy (non-hydrogen) atoms.